The Labute approximate surface area is 79.1 Å². The Morgan fingerprint density at radius 3 is 2.77 bits per heavy atom. The molecule has 0 aromatic rings. The molecule has 0 heterocycles. The first-order valence-corrected chi connectivity index (χ1v) is 4.37. The van der Waals surface area contributed by atoms with E-state index in [-0.39, 0.29) is 12.0 Å². The molecular weight excluding hydrogens is 168 g/mol. The normalized spacial score (nSPS) is 12.2. The Hall–Kier alpha value is -1.08. The highest BCUT2D eigenvalue weighted by Crippen LogP contribution is 1.99. The van der Waals surface area contributed by atoms with E-state index in [1.165, 1.54) is 0 Å². The number of hydrogen-bond donors (Lipinski definition) is 0. The van der Waals surface area contributed by atoms with Gasteiger partial charge in [-0.1, -0.05) is 0 Å². The number of hydrogen-bond acceptors (Lipinski definition) is 4. The molecule has 0 saturated carbocycles. The molecule has 0 aromatic heterocycles. The van der Waals surface area contributed by atoms with Crippen LogP contribution in [0.5, 0.6) is 0 Å². The van der Waals surface area contributed by atoms with E-state index in [1.807, 2.05) is 6.07 Å². The minimum atomic E-state index is -0.270. The molecule has 1 unspecified atom stereocenters. The quantitative estimate of drug-likeness (QED) is 0.592. The van der Waals surface area contributed by atoms with Crippen molar-refractivity contribution in [2.45, 2.75) is 26.3 Å². The SMILES string of the molecule is CCOC(=O)C(C)N(C)CCC#N. The first-order chi connectivity index (χ1) is 6.13. The molecule has 13 heavy (non-hydrogen) atoms. The summed E-state index contributed by atoms with van der Waals surface area (Å²) < 4.78 is 4.84. The molecule has 0 bridgehead atoms. The van der Waals surface area contributed by atoms with E-state index in [2.05, 4.69) is 0 Å². The van der Waals surface area contributed by atoms with Crippen LogP contribution in [0.1, 0.15) is 20.3 Å². The number of likely N-dealkylation sites (N-methyl/N-ethyl adjacent to an activating group) is 1. The zero-order valence-corrected chi connectivity index (χ0v) is 8.41. The van der Waals surface area contributed by atoms with Gasteiger partial charge in [0.2, 0.25) is 0 Å². The summed E-state index contributed by atoms with van der Waals surface area (Å²) in [6.07, 6.45) is 0.431. The zero-order chi connectivity index (χ0) is 10.3. The lowest BCUT2D eigenvalue weighted by molar-refractivity contribution is -0.148. The lowest BCUT2D eigenvalue weighted by Crippen LogP contribution is -2.37. The predicted octanol–water partition coefficient (Wildman–Crippen LogP) is 0.783. The smallest absolute Gasteiger partial charge is 0.323 e. The summed E-state index contributed by atoms with van der Waals surface area (Å²) in [6, 6.07) is 1.76. The summed E-state index contributed by atoms with van der Waals surface area (Å²) >= 11 is 0. The molecule has 0 spiro atoms. The highest BCUT2D eigenvalue weighted by atomic mass is 16.5. The maximum Gasteiger partial charge on any atom is 0.323 e. The van der Waals surface area contributed by atoms with Crippen molar-refractivity contribution in [3.63, 3.8) is 0 Å². The standard InChI is InChI=1S/C9H16N2O2/c1-4-13-9(12)8(2)11(3)7-5-6-10/h8H,4-5,7H2,1-3H3. The Bertz CT molecular complexity index is 198. The summed E-state index contributed by atoms with van der Waals surface area (Å²) in [7, 11) is 1.80. The van der Waals surface area contributed by atoms with E-state index in [9.17, 15) is 4.79 Å². The van der Waals surface area contributed by atoms with Crippen molar-refractivity contribution >= 4 is 5.97 Å². The van der Waals surface area contributed by atoms with Crippen LogP contribution in [-0.4, -0.2) is 37.1 Å². The van der Waals surface area contributed by atoms with E-state index >= 15 is 0 Å². The number of carbonyl (C=O) groups is 1. The molecule has 0 N–H and O–H groups in total. The second-order valence-electron chi connectivity index (χ2n) is 2.82. The van der Waals surface area contributed by atoms with Crippen molar-refractivity contribution in [1.82, 2.24) is 4.90 Å². The molecule has 1 atom stereocenters. The number of esters is 1. The van der Waals surface area contributed by atoms with Crippen molar-refractivity contribution in [3.8, 4) is 6.07 Å². The van der Waals surface area contributed by atoms with E-state index in [1.54, 1.807) is 25.8 Å². The fourth-order valence-corrected chi connectivity index (χ4v) is 0.863. The Morgan fingerprint density at radius 2 is 2.31 bits per heavy atom. The van der Waals surface area contributed by atoms with E-state index < -0.39 is 0 Å². The first-order valence-electron chi connectivity index (χ1n) is 4.37. The Balaban J connectivity index is 3.87. The van der Waals surface area contributed by atoms with Crippen LogP contribution >= 0.6 is 0 Å². The maximum absolute atomic E-state index is 11.2. The third kappa shape index (κ3) is 4.48. The molecule has 0 amide bonds. The molecule has 4 heteroatoms. The van der Waals surface area contributed by atoms with Gasteiger partial charge in [0, 0.05) is 13.0 Å². The molecule has 0 aliphatic rings. The van der Waals surface area contributed by atoms with E-state index in [0.717, 1.165) is 0 Å². The summed E-state index contributed by atoms with van der Waals surface area (Å²) in [5.74, 6) is -0.233. The minimum Gasteiger partial charge on any atom is -0.465 e. The third-order valence-corrected chi connectivity index (χ3v) is 1.87. The van der Waals surface area contributed by atoms with Crippen LogP contribution in [-0.2, 0) is 9.53 Å². The second kappa shape index (κ2) is 6.44. The van der Waals surface area contributed by atoms with E-state index in [4.69, 9.17) is 10.00 Å². The van der Waals surface area contributed by atoms with Crippen molar-refractivity contribution in [1.29, 1.82) is 5.26 Å². The van der Waals surface area contributed by atoms with Gasteiger partial charge in [-0.2, -0.15) is 5.26 Å². The fourth-order valence-electron chi connectivity index (χ4n) is 0.863. The average molecular weight is 184 g/mol. The van der Waals surface area contributed by atoms with Crippen LogP contribution in [0, 0.1) is 11.3 Å². The molecule has 0 aliphatic carbocycles. The summed E-state index contributed by atoms with van der Waals surface area (Å²) in [5.41, 5.74) is 0. The summed E-state index contributed by atoms with van der Waals surface area (Å²) in [6.45, 7) is 4.54. The van der Waals surface area contributed by atoms with Crippen LogP contribution in [0.25, 0.3) is 0 Å². The van der Waals surface area contributed by atoms with Gasteiger partial charge in [0.15, 0.2) is 0 Å². The number of carbonyl (C=O) groups excluding carboxylic acids is 1. The lowest BCUT2D eigenvalue weighted by Gasteiger charge is -2.21. The highest BCUT2D eigenvalue weighted by molar-refractivity contribution is 5.75. The predicted molar refractivity (Wildman–Crippen MR) is 49.0 cm³/mol. The van der Waals surface area contributed by atoms with Gasteiger partial charge in [0.05, 0.1) is 12.7 Å². The van der Waals surface area contributed by atoms with Gasteiger partial charge in [0.25, 0.3) is 0 Å². The Kier molecular flexibility index (Phi) is 5.90. The van der Waals surface area contributed by atoms with Crippen LogP contribution in [0.15, 0.2) is 0 Å². The van der Waals surface area contributed by atoms with Gasteiger partial charge in [-0.25, -0.2) is 0 Å². The molecule has 4 nitrogen and oxygen atoms in total. The third-order valence-electron chi connectivity index (χ3n) is 1.87. The minimum absolute atomic E-state index is 0.233. The highest BCUT2D eigenvalue weighted by Gasteiger charge is 2.18. The van der Waals surface area contributed by atoms with Crippen molar-refractivity contribution in [3.05, 3.63) is 0 Å². The fraction of sp³-hybridized carbons (Fsp3) is 0.778. The lowest BCUT2D eigenvalue weighted by atomic mass is 10.3. The number of rotatable bonds is 5. The van der Waals surface area contributed by atoms with Crippen molar-refractivity contribution in [2.75, 3.05) is 20.2 Å². The number of nitriles is 1. The van der Waals surface area contributed by atoms with Gasteiger partial charge in [-0.3, -0.25) is 9.69 Å². The molecule has 0 radical (unpaired) electrons. The molecule has 0 aliphatic heterocycles. The average Bonchev–Trinajstić information content (AvgIpc) is 2.13. The van der Waals surface area contributed by atoms with Gasteiger partial charge >= 0.3 is 5.97 Å². The van der Waals surface area contributed by atoms with Crippen LogP contribution < -0.4 is 0 Å². The van der Waals surface area contributed by atoms with Gasteiger partial charge < -0.3 is 4.74 Å². The number of nitrogens with zero attached hydrogens (tertiary/aromatic N) is 2. The largest absolute Gasteiger partial charge is 0.465 e. The second-order valence-corrected chi connectivity index (χ2v) is 2.82. The first kappa shape index (κ1) is 11.9. The van der Waals surface area contributed by atoms with Gasteiger partial charge in [-0.15, -0.1) is 0 Å². The van der Waals surface area contributed by atoms with Crippen LogP contribution in [0.2, 0.25) is 0 Å². The number of ether oxygens (including phenoxy) is 1. The molecule has 0 saturated heterocycles. The molecule has 0 fully saturated rings. The van der Waals surface area contributed by atoms with Crippen molar-refractivity contribution < 1.29 is 9.53 Å². The Morgan fingerprint density at radius 1 is 1.69 bits per heavy atom. The van der Waals surface area contributed by atoms with Crippen LogP contribution in [0.4, 0.5) is 0 Å². The molecule has 74 valence electrons. The molecule has 0 aromatic carbocycles. The van der Waals surface area contributed by atoms with Gasteiger partial charge in [0.1, 0.15) is 6.04 Å². The monoisotopic (exact) mass is 184 g/mol. The summed E-state index contributed by atoms with van der Waals surface area (Å²) in [4.78, 5) is 13.0. The summed E-state index contributed by atoms with van der Waals surface area (Å²) in [5, 5.41) is 8.35. The topological polar surface area (TPSA) is 53.3 Å². The van der Waals surface area contributed by atoms with Crippen molar-refractivity contribution in [2.24, 2.45) is 0 Å². The van der Waals surface area contributed by atoms with Crippen LogP contribution in [0.3, 0.4) is 0 Å². The molecular formula is C9H16N2O2. The van der Waals surface area contributed by atoms with E-state index in [0.29, 0.717) is 19.6 Å². The maximum atomic E-state index is 11.2. The zero-order valence-electron chi connectivity index (χ0n) is 8.41. The molecule has 0 rings (SSSR count). The van der Waals surface area contributed by atoms with Gasteiger partial charge in [-0.05, 0) is 20.9 Å².